The van der Waals surface area contributed by atoms with E-state index in [1.54, 1.807) is 0 Å². The van der Waals surface area contributed by atoms with Crippen LogP contribution < -0.4 is 0 Å². The Balaban J connectivity index is 1.52. The minimum absolute atomic E-state index is 1.08. The molecule has 1 aliphatic carbocycles. The first-order chi connectivity index (χ1) is 18.2. The van der Waals surface area contributed by atoms with Crippen LogP contribution in [0.2, 0.25) is 0 Å². The molecular weight excluding hydrogens is 534 g/mol. The Morgan fingerprint density at radius 2 is 1.54 bits per heavy atom. The van der Waals surface area contributed by atoms with Gasteiger partial charge in [-0.1, -0.05) is 70.5 Å². The second-order valence-electron chi connectivity index (χ2n) is 9.81. The molecule has 0 unspecified atom stereocenters. The number of hydrogen-bond donors (Lipinski definition) is 0. The van der Waals surface area contributed by atoms with Gasteiger partial charge in [-0.25, -0.2) is 0 Å². The molecule has 7 aromatic rings. The van der Waals surface area contributed by atoms with Crippen molar-refractivity contribution in [2.75, 3.05) is 0 Å². The highest BCUT2D eigenvalue weighted by molar-refractivity contribution is 9.10. The monoisotopic (exact) mass is 555 g/mol. The van der Waals surface area contributed by atoms with E-state index >= 15 is 0 Å². The summed E-state index contributed by atoms with van der Waals surface area (Å²) < 4.78 is 6.26. The second-order valence-corrected chi connectivity index (χ2v) is 11.8. The molecule has 0 atom stereocenters. The van der Waals surface area contributed by atoms with E-state index in [0.717, 1.165) is 17.3 Å². The number of benzene rings is 5. The summed E-state index contributed by atoms with van der Waals surface area (Å²) in [5.41, 5.74) is 6.25. The van der Waals surface area contributed by atoms with Gasteiger partial charge in [-0.15, -0.1) is 11.3 Å². The minimum atomic E-state index is 1.08. The summed E-state index contributed by atoms with van der Waals surface area (Å²) in [6, 6.07) is 33.8. The van der Waals surface area contributed by atoms with Crippen LogP contribution in [0.1, 0.15) is 12.8 Å². The van der Waals surface area contributed by atoms with Crippen molar-refractivity contribution < 1.29 is 0 Å². The zero-order valence-electron chi connectivity index (χ0n) is 20.0. The van der Waals surface area contributed by atoms with Gasteiger partial charge in [0.15, 0.2) is 0 Å². The first-order valence-corrected chi connectivity index (χ1v) is 14.3. The number of aromatic nitrogens is 1. The van der Waals surface area contributed by atoms with E-state index < -0.39 is 0 Å². The van der Waals surface area contributed by atoms with E-state index in [1.807, 2.05) is 11.3 Å². The maximum absolute atomic E-state index is 3.65. The molecule has 3 heteroatoms. The van der Waals surface area contributed by atoms with Crippen LogP contribution >= 0.6 is 27.3 Å². The van der Waals surface area contributed by atoms with Gasteiger partial charge in [0.05, 0.1) is 11.0 Å². The Labute approximate surface area is 227 Å². The lowest BCUT2D eigenvalue weighted by molar-refractivity contribution is 1.02. The highest BCUT2D eigenvalue weighted by atomic mass is 79.9. The molecule has 0 radical (unpaired) electrons. The van der Waals surface area contributed by atoms with Crippen molar-refractivity contribution in [3.05, 3.63) is 114 Å². The first-order valence-electron chi connectivity index (χ1n) is 12.7. The lowest BCUT2D eigenvalue weighted by Crippen LogP contribution is -1.97. The van der Waals surface area contributed by atoms with Crippen molar-refractivity contribution in [3.63, 3.8) is 0 Å². The summed E-state index contributed by atoms with van der Waals surface area (Å²) in [4.78, 5) is 0. The van der Waals surface area contributed by atoms with Gasteiger partial charge in [0.2, 0.25) is 0 Å². The number of allylic oxidation sites excluding steroid dienone is 4. The fourth-order valence-corrected chi connectivity index (χ4v) is 7.47. The van der Waals surface area contributed by atoms with Crippen molar-refractivity contribution in [2.24, 2.45) is 0 Å². The molecule has 37 heavy (non-hydrogen) atoms. The van der Waals surface area contributed by atoms with Gasteiger partial charge in [-0.2, -0.15) is 0 Å². The van der Waals surface area contributed by atoms with Crippen molar-refractivity contribution in [2.45, 2.75) is 12.8 Å². The molecule has 0 saturated heterocycles. The Kier molecular flexibility index (Phi) is 4.73. The predicted molar refractivity (Wildman–Crippen MR) is 166 cm³/mol. The molecule has 8 rings (SSSR count). The summed E-state index contributed by atoms with van der Waals surface area (Å²) in [5, 5.41) is 7.96. The third-order valence-electron chi connectivity index (χ3n) is 7.63. The summed E-state index contributed by atoms with van der Waals surface area (Å²) in [6.07, 6.45) is 9.15. The van der Waals surface area contributed by atoms with E-state index in [2.05, 4.69) is 130 Å². The normalized spacial score (nSPS) is 13.9. The molecule has 0 aliphatic heterocycles. The fraction of sp³-hybridized carbons (Fsp3) is 0.0588. The maximum atomic E-state index is 3.65. The van der Waals surface area contributed by atoms with Gasteiger partial charge in [0.1, 0.15) is 0 Å². The van der Waals surface area contributed by atoms with Gasteiger partial charge in [0, 0.05) is 41.1 Å². The Morgan fingerprint density at radius 3 is 2.43 bits per heavy atom. The molecule has 0 amide bonds. The Morgan fingerprint density at radius 1 is 0.649 bits per heavy atom. The van der Waals surface area contributed by atoms with Crippen molar-refractivity contribution in [3.8, 4) is 11.1 Å². The third kappa shape index (κ3) is 3.28. The quantitative estimate of drug-likeness (QED) is 0.200. The van der Waals surface area contributed by atoms with Crippen LogP contribution in [0, 0.1) is 0 Å². The van der Waals surface area contributed by atoms with E-state index in [4.69, 9.17) is 0 Å². The molecule has 5 aromatic carbocycles. The molecule has 1 aliphatic rings. The maximum Gasteiger partial charge on any atom is 0.0547 e. The molecule has 1 nitrogen and oxygen atoms in total. The van der Waals surface area contributed by atoms with Crippen LogP contribution in [0.25, 0.3) is 69.6 Å². The van der Waals surface area contributed by atoms with Crippen LogP contribution in [0.3, 0.4) is 0 Å². The average Bonchev–Trinajstić information content (AvgIpc) is 3.47. The Hall–Kier alpha value is -3.66. The van der Waals surface area contributed by atoms with Crippen molar-refractivity contribution >= 4 is 85.7 Å². The van der Waals surface area contributed by atoms with Gasteiger partial charge in [0.25, 0.3) is 0 Å². The highest BCUT2D eigenvalue weighted by Gasteiger charge is 2.17. The van der Waals surface area contributed by atoms with Crippen LogP contribution in [0.5, 0.6) is 0 Å². The number of hydrogen-bond acceptors (Lipinski definition) is 1. The SMILES string of the molecule is Brc1cccc(-c2ccc3c(c2)c2cc4c(ccc5sc6ccccc6c54)cc2n3C2=CCCC=C2)c1. The minimum Gasteiger partial charge on any atom is -0.310 e. The molecule has 0 N–H and O–H groups in total. The largest absolute Gasteiger partial charge is 0.310 e. The summed E-state index contributed by atoms with van der Waals surface area (Å²) in [6.45, 7) is 0. The molecule has 2 heterocycles. The summed E-state index contributed by atoms with van der Waals surface area (Å²) in [5.74, 6) is 0. The predicted octanol–water partition coefficient (Wildman–Crippen LogP) is 10.9. The lowest BCUT2D eigenvalue weighted by Gasteiger charge is -2.12. The Bertz CT molecular complexity index is 2100. The molecule has 176 valence electrons. The van der Waals surface area contributed by atoms with Gasteiger partial charge in [-0.3, -0.25) is 0 Å². The average molecular weight is 557 g/mol. The number of nitrogens with zero attached hydrogens (tertiary/aromatic N) is 1. The number of rotatable bonds is 2. The zero-order valence-corrected chi connectivity index (χ0v) is 22.4. The molecule has 0 fully saturated rings. The molecule has 2 aromatic heterocycles. The summed E-state index contributed by atoms with van der Waals surface area (Å²) >= 11 is 5.54. The van der Waals surface area contributed by atoms with Crippen LogP contribution in [0.4, 0.5) is 0 Å². The van der Waals surface area contributed by atoms with Gasteiger partial charge >= 0.3 is 0 Å². The van der Waals surface area contributed by atoms with E-state index in [-0.39, 0.29) is 0 Å². The van der Waals surface area contributed by atoms with Crippen LogP contribution in [-0.2, 0) is 0 Å². The van der Waals surface area contributed by atoms with Gasteiger partial charge in [-0.05, 0) is 89.3 Å². The smallest absolute Gasteiger partial charge is 0.0547 e. The van der Waals surface area contributed by atoms with Crippen molar-refractivity contribution in [1.82, 2.24) is 4.57 Å². The van der Waals surface area contributed by atoms with E-state index in [1.165, 1.54) is 69.6 Å². The molecule has 0 saturated carbocycles. The second kappa shape index (κ2) is 8.17. The number of fused-ring (bicyclic) bond motifs is 8. The van der Waals surface area contributed by atoms with Crippen molar-refractivity contribution in [1.29, 1.82) is 0 Å². The molecular formula is C34H22BrNS. The molecule has 0 spiro atoms. The molecule has 0 bridgehead atoms. The number of thiophene rings is 1. The van der Waals surface area contributed by atoms with E-state index in [9.17, 15) is 0 Å². The summed E-state index contributed by atoms with van der Waals surface area (Å²) in [7, 11) is 0. The van der Waals surface area contributed by atoms with Gasteiger partial charge < -0.3 is 4.57 Å². The fourth-order valence-electron chi connectivity index (χ4n) is 5.95. The topological polar surface area (TPSA) is 4.93 Å². The van der Waals surface area contributed by atoms with Crippen LogP contribution in [-0.4, -0.2) is 4.57 Å². The standard InChI is InChI=1S/C34H22BrNS/c35-24-8-6-7-21(17-24)22-13-15-30-28(18-22)29-20-27-23(19-31(29)36(30)25-9-2-1-3-10-25)14-16-33-34(27)26-11-4-5-12-32(26)37-33/h2,4-20H,1,3H2. The number of halogens is 1. The zero-order chi connectivity index (χ0) is 24.5. The highest BCUT2D eigenvalue weighted by Crippen LogP contribution is 2.42. The van der Waals surface area contributed by atoms with E-state index in [0.29, 0.717) is 0 Å². The lowest BCUT2D eigenvalue weighted by atomic mass is 9.99. The third-order valence-corrected chi connectivity index (χ3v) is 9.26. The van der Waals surface area contributed by atoms with Crippen LogP contribution in [0.15, 0.2) is 114 Å². The first kappa shape index (κ1) is 21.4.